The highest BCUT2D eigenvalue weighted by atomic mass is 16.7. The van der Waals surface area contributed by atoms with E-state index in [4.69, 9.17) is 9.47 Å². The zero-order chi connectivity index (χ0) is 28.2. The Bertz CT molecular complexity index is 1360. The second-order valence-corrected chi connectivity index (χ2v) is 10.8. The highest BCUT2D eigenvalue weighted by Gasteiger charge is 2.48. The molecule has 3 aromatic carbocycles. The molecular weight excluding hydrogens is 504 g/mol. The maximum atomic E-state index is 14.0. The Kier molecular flexibility index (Phi) is 8.40. The average Bonchev–Trinajstić information content (AvgIpc) is 3.58. The maximum Gasteiger partial charge on any atom is 0.309 e. The normalized spacial score (nSPS) is 20.0. The fourth-order valence-electron chi connectivity index (χ4n) is 5.99. The number of aryl methyl sites for hydroxylation is 2. The molecule has 3 atom stereocenters. The molecule has 3 unspecified atom stereocenters. The highest BCUT2D eigenvalue weighted by Crippen LogP contribution is 2.47. The lowest BCUT2D eigenvalue weighted by Gasteiger charge is -2.30. The van der Waals surface area contributed by atoms with Crippen LogP contribution in [0.4, 0.5) is 5.69 Å². The minimum atomic E-state index is -0.872. The molecule has 7 nitrogen and oxygen atoms in total. The van der Waals surface area contributed by atoms with Gasteiger partial charge in [-0.2, -0.15) is 0 Å². The third-order valence-corrected chi connectivity index (χ3v) is 8.13. The Labute approximate surface area is 236 Å². The first-order chi connectivity index (χ1) is 19.4. The smallest absolute Gasteiger partial charge is 0.309 e. The van der Waals surface area contributed by atoms with Gasteiger partial charge in [0, 0.05) is 30.7 Å². The predicted molar refractivity (Wildman–Crippen MR) is 155 cm³/mol. The van der Waals surface area contributed by atoms with E-state index < -0.39 is 17.9 Å². The van der Waals surface area contributed by atoms with Crippen LogP contribution in [0.25, 0.3) is 0 Å². The molecular formula is C33H38N2O5. The third-order valence-electron chi connectivity index (χ3n) is 8.13. The van der Waals surface area contributed by atoms with E-state index in [1.807, 2.05) is 66.4 Å². The van der Waals surface area contributed by atoms with Gasteiger partial charge in [-0.3, -0.25) is 14.5 Å². The zero-order valence-corrected chi connectivity index (χ0v) is 23.5. The fourth-order valence-corrected chi connectivity index (χ4v) is 5.99. The van der Waals surface area contributed by atoms with Gasteiger partial charge in [0.05, 0.1) is 12.5 Å². The lowest BCUT2D eigenvalue weighted by molar-refractivity contribution is -0.143. The molecule has 0 bridgehead atoms. The van der Waals surface area contributed by atoms with Crippen molar-refractivity contribution in [1.29, 1.82) is 0 Å². The van der Waals surface area contributed by atoms with E-state index in [0.717, 1.165) is 41.6 Å². The zero-order valence-electron chi connectivity index (χ0n) is 23.5. The Balaban J connectivity index is 1.51. The van der Waals surface area contributed by atoms with Gasteiger partial charge in [-0.1, -0.05) is 62.7 Å². The summed E-state index contributed by atoms with van der Waals surface area (Å²) in [6.07, 6.45) is 2.76. The van der Waals surface area contributed by atoms with Gasteiger partial charge in [0.15, 0.2) is 11.5 Å². The molecule has 1 amide bonds. The number of rotatable bonds is 10. The fraction of sp³-hybridized carbons (Fsp3) is 0.394. The molecule has 5 rings (SSSR count). The Morgan fingerprint density at radius 3 is 2.42 bits per heavy atom. The van der Waals surface area contributed by atoms with Crippen LogP contribution in [0.3, 0.4) is 0 Å². The number of carbonyl (C=O) groups excluding carboxylic acids is 1. The molecule has 0 radical (unpaired) electrons. The summed E-state index contributed by atoms with van der Waals surface area (Å²) < 4.78 is 11.1. The first-order valence-corrected chi connectivity index (χ1v) is 14.2. The van der Waals surface area contributed by atoms with Gasteiger partial charge in [-0.25, -0.2) is 0 Å². The van der Waals surface area contributed by atoms with Crippen LogP contribution in [0.5, 0.6) is 11.5 Å². The first kappa shape index (κ1) is 27.7. The molecule has 2 aliphatic heterocycles. The number of unbranched alkanes of at least 4 members (excludes halogenated alkanes) is 1. The molecule has 1 fully saturated rings. The van der Waals surface area contributed by atoms with Crippen LogP contribution in [0.1, 0.15) is 60.9 Å². The molecule has 0 spiro atoms. The van der Waals surface area contributed by atoms with Crippen LogP contribution >= 0.6 is 0 Å². The van der Waals surface area contributed by atoms with Crippen molar-refractivity contribution in [1.82, 2.24) is 4.90 Å². The van der Waals surface area contributed by atoms with Gasteiger partial charge in [0.25, 0.3) is 0 Å². The lowest BCUT2D eigenvalue weighted by atomic mass is 9.82. The second-order valence-electron chi connectivity index (χ2n) is 10.8. The predicted octanol–water partition coefficient (Wildman–Crippen LogP) is 5.96. The number of amides is 1. The van der Waals surface area contributed by atoms with E-state index in [0.29, 0.717) is 24.6 Å². The summed E-state index contributed by atoms with van der Waals surface area (Å²) in [5.41, 5.74) is 4.95. The summed E-state index contributed by atoms with van der Waals surface area (Å²) in [5, 5.41) is 10.6. The van der Waals surface area contributed by atoms with Crippen LogP contribution in [0.2, 0.25) is 0 Å². The number of anilines is 1. The van der Waals surface area contributed by atoms with E-state index >= 15 is 0 Å². The van der Waals surface area contributed by atoms with Crippen LogP contribution in [-0.2, 0) is 16.0 Å². The van der Waals surface area contributed by atoms with Crippen LogP contribution in [0, 0.1) is 12.8 Å². The highest BCUT2D eigenvalue weighted by molar-refractivity contribution is 5.95. The molecule has 3 aromatic rings. The minimum absolute atomic E-state index is 0.0234. The van der Waals surface area contributed by atoms with Gasteiger partial charge in [-0.15, -0.1) is 0 Å². The molecule has 40 heavy (non-hydrogen) atoms. The van der Waals surface area contributed by atoms with Crippen molar-refractivity contribution >= 4 is 17.6 Å². The van der Waals surface area contributed by atoms with E-state index in [1.165, 1.54) is 5.56 Å². The number of carbonyl (C=O) groups is 2. The summed E-state index contributed by atoms with van der Waals surface area (Å²) >= 11 is 0. The quantitative estimate of drug-likeness (QED) is 0.341. The van der Waals surface area contributed by atoms with Crippen molar-refractivity contribution in [3.05, 3.63) is 89.0 Å². The number of carboxylic acid groups (broad SMARTS) is 1. The Morgan fingerprint density at radius 2 is 1.73 bits per heavy atom. The van der Waals surface area contributed by atoms with Crippen LogP contribution in [0.15, 0.2) is 66.7 Å². The van der Waals surface area contributed by atoms with Crippen molar-refractivity contribution in [3.63, 3.8) is 0 Å². The molecule has 0 aliphatic carbocycles. The average molecular weight is 543 g/mol. The van der Waals surface area contributed by atoms with Gasteiger partial charge in [0.1, 0.15) is 0 Å². The number of ether oxygens (including phenoxy) is 2. The van der Waals surface area contributed by atoms with E-state index in [9.17, 15) is 14.7 Å². The molecule has 1 saturated heterocycles. The molecule has 7 heteroatoms. The summed E-state index contributed by atoms with van der Waals surface area (Å²) in [5.74, 6) is -0.655. The number of nitrogens with zero attached hydrogens (tertiary/aromatic N) is 2. The van der Waals surface area contributed by atoms with Crippen molar-refractivity contribution in [2.75, 3.05) is 31.3 Å². The Hall–Kier alpha value is -3.84. The standard InChI is InChI=1S/C33H38N2O5/c1-4-6-16-35(26-9-7-8-22(3)17-26)30(36)20-34-19-27(25-14-15-28-29(18-25)40-21-39-28)31(33(37)38)32(34)24-12-10-23(5-2)11-13-24/h7-15,17-18,27,31-32H,4-6,16,19-21H2,1-3H3,(H,37,38). The molecule has 0 aromatic heterocycles. The van der Waals surface area contributed by atoms with Gasteiger partial charge in [-0.05, 0) is 66.3 Å². The molecule has 2 heterocycles. The van der Waals surface area contributed by atoms with E-state index in [-0.39, 0.29) is 25.2 Å². The number of fused-ring (bicyclic) bond motifs is 1. The van der Waals surface area contributed by atoms with Gasteiger partial charge >= 0.3 is 5.97 Å². The van der Waals surface area contributed by atoms with Crippen molar-refractivity contribution in [3.8, 4) is 11.5 Å². The number of hydrogen-bond donors (Lipinski definition) is 1. The molecule has 210 valence electrons. The summed E-state index contributed by atoms with van der Waals surface area (Å²) in [4.78, 5) is 30.8. The second kappa shape index (κ2) is 12.1. The van der Waals surface area contributed by atoms with Crippen molar-refractivity contribution in [2.45, 2.75) is 52.0 Å². The summed E-state index contributed by atoms with van der Waals surface area (Å²) in [7, 11) is 0. The minimum Gasteiger partial charge on any atom is -0.481 e. The van der Waals surface area contributed by atoms with Gasteiger partial charge < -0.3 is 19.5 Å². The van der Waals surface area contributed by atoms with Crippen LogP contribution < -0.4 is 14.4 Å². The first-order valence-electron chi connectivity index (χ1n) is 14.2. The van der Waals surface area contributed by atoms with Crippen molar-refractivity contribution in [2.24, 2.45) is 5.92 Å². The monoisotopic (exact) mass is 542 g/mol. The molecule has 2 aliphatic rings. The number of benzene rings is 3. The SMILES string of the molecule is CCCCN(C(=O)CN1CC(c2ccc3c(c2)OCO3)C(C(=O)O)C1c1ccc(CC)cc1)c1cccc(C)c1. The number of aliphatic carboxylic acids is 1. The lowest BCUT2D eigenvalue weighted by Crippen LogP contribution is -2.41. The number of likely N-dealkylation sites (tertiary alicyclic amines) is 1. The summed E-state index contributed by atoms with van der Waals surface area (Å²) in [6.45, 7) is 7.59. The number of carboxylic acids is 1. The van der Waals surface area contributed by atoms with E-state index in [2.05, 4.69) is 30.9 Å². The van der Waals surface area contributed by atoms with Crippen LogP contribution in [-0.4, -0.2) is 48.3 Å². The molecule has 1 N–H and O–H groups in total. The summed E-state index contributed by atoms with van der Waals surface area (Å²) in [6, 6.07) is 21.4. The molecule has 0 saturated carbocycles. The maximum absolute atomic E-state index is 14.0. The van der Waals surface area contributed by atoms with E-state index in [1.54, 1.807) is 0 Å². The largest absolute Gasteiger partial charge is 0.481 e. The van der Waals surface area contributed by atoms with Gasteiger partial charge in [0.2, 0.25) is 12.7 Å². The van der Waals surface area contributed by atoms with Crippen molar-refractivity contribution < 1.29 is 24.2 Å². The number of hydrogen-bond acceptors (Lipinski definition) is 5. The topological polar surface area (TPSA) is 79.3 Å². The Morgan fingerprint density at radius 1 is 0.975 bits per heavy atom. The third kappa shape index (κ3) is 5.70.